The summed E-state index contributed by atoms with van der Waals surface area (Å²) in [5.41, 5.74) is 5.33. The second-order valence-corrected chi connectivity index (χ2v) is 7.18. The number of hydrogen-bond acceptors (Lipinski definition) is 3. The molecule has 0 unspecified atom stereocenters. The van der Waals surface area contributed by atoms with Gasteiger partial charge in [0, 0.05) is 49.3 Å². The monoisotopic (exact) mass is 349 g/mol. The number of imidazole rings is 2. The number of rotatable bonds is 6. The lowest BCUT2D eigenvalue weighted by Gasteiger charge is -2.22. The fourth-order valence-electron chi connectivity index (χ4n) is 4.13. The minimum absolute atomic E-state index is 0.591. The predicted molar refractivity (Wildman–Crippen MR) is 105 cm³/mol. The van der Waals surface area contributed by atoms with Gasteiger partial charge in [-0.1, -0.05) is 6.07 Å². The zero-order valence-electron chi connectivity index (χ0n) is 15.9. The summed E-state index contributed by atoms with van der Waals surface area (Å²) in [6.45, 7) is 9.60. The molecule has 0 bridgehead atoms. The minimum atomic E-state index is 0.591. The van der Waals surface area contributed by atoms with E-state index in [0.29, 0.717) is 6.04 Å². The summed E-state index contributed by atoms with van der Waals surface area (Å²) >= 11 is 0. The Morgan fingerprint density at radius 1 is 1.19 bits per heavy atom. The van der Waals surface area contributed by atoms with Crippen molar-refractivity contribution in [3.05, 3.63) is 54.5 Å². The Morgan fingerprint density at radius 2 is 2.04 bits per heavy atom. The lowest BCUT2D eigenvalue weighted by Crippen LogP contribution is -2.28. The van der Waals surface area contributed by atoms with Gasteiger partial charge in [-0.3, -0.25) is 0 Å². The fraction of sp³-hybridized carbons (Fsp3) is 0.429. The molecular weight excluding hydrogens is 322 g/mol. The zero-order valence-corrected chi connectivity index (χ0v) is 15.9. The Hall–Kier alpha value is -2.56. The van der Waals surface area contributed by atoms with Crippen molar-refractivity contribution in [3.63, 3.8) is 0 Å². The first kappa shape index (κ1) is 16.9. The minimum Gasteiger partial charge on any atom is -0.369 e. The van der Waals surface area contributed by atoms with E-state index in [2.05, 4.69) is 56.0 Å². The van der Waals surface area contributed by atoms with E-state index in [-0.39, 0.29) is 0 Å². The largest absolute Gasteiger partial charge is 0.369 e. The number of benzene rings is 1. The van der Waals surface area contributed by atoms with E-state index >= 15 is 0 Å². The molecule has 1 aliphatic heterocycles. The van der Waals surface area contributed by atoms with Gasteiger partial charge in [0.05, 0.1) is 18.2 Å². The molecule has 1 aromatic carbocycles. The zero-order chi connectivity index (χ0) is 18.1. The number of anilines is 1. The Bertz CT molecular complexity index is 891. The molecule has 2 aromatic heterocycles. The molecule has 5 heteroatoms. The molecule has 0 radical (unpaired) electrons. The second kappa shape index (κ2) is 6.98. The van der Waals surface area contributed by atoms with Gasteiger partial charge in [0.25, 0.3) is 0 Å². The van der Waals surface area contributed by atoms with Crippen molar-refractivity contribution in [2.24, 2.45) is 0 Å². The Kier molecular flexibility index (Phi) is 4.53. The van der Waals surface area contributed by atoms with Crippen LogP contribution in [-0.4, -0.2) is 31.7 Å². The van der Waals surface area contributed by atoms with Gasteiger partial charge >= 0.3 is 0 Å². The molecule has 26 heavy (non-hydrogen) atoms. The number of aromatic nitrogens is 4. The third-order valence-corrected chi connectivity index (χ3v) is 5.51. The quantitative estimate of drug-likeness (QED) is 0.677. The Morgan fingerprint density at radius 3 is 2.81 bits per heavy atom. The standard InChI is InChI=1S/C21H27N5/c1-4-26-16(2)12-19-13-18(6-7-20(19)26)21-14-22-15-25(21)10-5-9-24-11-8-23-17(24)3/h6-8,11,13-16H,4-5,9-10,12H2,1-3H3/t16-/m1/s1. The summed E-state index contributed by atoms with van der Waals surface area (Å²) in [5, 5.41) is 0. The van der Waals surface area contributed by atoms with Crippen LogP contribution in [0.25, 0.3) is 11.3 Å². The van der Waals surface area contributed by atoms with Gasteiger partial charge in [-0.2, -0.15) is 0 Å². The van der Waals surface area contributed by atoms with E-state index in [9.17, 15) is 0 Å². The van der Waals surface area contributed by atoms with Crippen molar-refractivity contribution in [1.82, 2.24) is 19.1 Å². The van der Waals surface area contributed by atoms with Crippen LogP contribution in [-0.2, 0) is 19.5 Å². The van der Waals surface area contributed by atoms with Gasteiger partial charge in [0.15, 0.2) is 0 Å². The molecule has 0 saturated carbocycles. The first-order chi connectivity index (χ1) is 12.7. The van der Waals surface area contributed by atoms with Gasteiger partial charge in [0.1, 0.15) is 5.82 Å². The Balaban J connectivity index is 1.50. The highest BCUT2D eigenvalue weighted by atomic mass is 15.2. The molecule has 3 aromatic rings. The first-order valence-corrected chi connectivity index (χ1v) is 9.55. The molecular formula is C21H27N5. The molecule has 1 atom stereocenters. The van der Waals surface area contributed by atoms with E-state index in [1.54, 1.807) is 0 Å². The molecule has 0 fully saturated rings. The van der Waals surface area contributed by atoms with Crippen LogP contribution in [0, 0.1) is 6.92 Å². The van der Waals surface area contributed by atoms with E-state index in [1.165, 1.54) is 22.5 Å². The number of aryl methyl sites for hydroxylation is 3. The maximum Gasteiger partial charge on any atom is 0.105 e. The average Bonchev–Trinajstić information content (AvgIpc) is 3.33. The maximum absolute atomic E-state index is 4.40. The van der Waals surface area contributed by atoms with Crippen molar-refractivity contribution < 1.29 is 0 Å². The van der Waals surface area contributed by atoms with Crippen LogP contribution >= 0.6 is 0 Å². The van der Waals surface area contributed by atoms with E-state index in [4.69, 9.17) is 0 Å². The van der Waals surface area contributed by atoms with Crippen LogP contribution in [0.15, 0.2) is 43.1 Å². The highest BCUT2D eigenvalue weighted by Gasteiger charge is 2.25. The molecule has 3 heterocycles. The summed E-state index contributed by atoms with van der Waals surface area (Å²) < 4.78 is 4.47. The van der Waals surface area contributed by atoms with E-state index in [0.717, 1.165) is 38.3 Å². The first-order valence-electron chi connectivity index (χ1n) is 9.55. The van der Waals surface area contributed by atoms with E-state index in [1.807, 2.05) is 31.8 Å². The van der Waals surface area contributed by atoms with Gasteiger partial charge in [-0.25, -0.2) is 9.97 Å². The normalized spacial score (nSPS) is 16.3. The maximum atomic E-state index is 4.40. The number of nitrogens with zero attached hydrogens (tertiary/aromatic N) is 5. The molecule has 4 rings (SSSR count). The molecule has 0 spiro atoms. The SMILES string of the molecule is CCN1c2ccc(-c3cncn3CCCn3ccnc3C)cc2C[C@H]1C. The van der Waals surface area contributed by atoms with Gasteiger partial charge in [0.2, 0.25) is 0 Å². The molecule has 0 aliphatic carbocycles. The van der Waals surface area contributed by atoms with Crippen LogP contribution in [0.3, 0.4) is 0 Å². The topological polar surface area (TPSA) is 38.9 Å². The molecule has 0 saturated heterocycles. The molecule has 136 valence electrons. The smallest absolute Gasteiger partial charge is 0.105 e. The molecule has 5 nitrogen and oxygen atoms in total. The summed E-state index contributed by atoms with van der Waals surface area (Å²) in [6.07, 6.45) is 10.0. The summed E-state index contributed by atoms with van der Waals surface area (Å²) in [5.74, 6) is 1.07. The van der Waals surface area contributed by atoms with Crippen LogP contribution in [0.5, 0.6) is 0 Å². The number of likely N-dealkylation sites (N-methyl/N-ethyl adjacent to an activating group) is 1. The van der Waals surface area contributed by atoms with Crippen molar-refractivity contribution in [1.29, 1.82) is 0 Å². The van der Waals surface area contributed by atoms with Crippen molar-refractivity contribution in [2.45, 2.75) is 52.7 Å². The highest BCUT2D eigenvalue weighted by molar-refractivity contribution is 5.69. The number of hydrogen-bond donors (Lipinski definition) is 0. The lowest BCUT2D eigenvalue weighted by atomic mass is 10.1. The molecule has 1 aliphatic rings. The summed E-state index contributed by atoms with van der Waals surface area (Å²) in [6, 6.07) is 7.47. The average molecular weight is 349 g/mol. The number of fused-ring (bicyclic) bond motifs is 1. The molecule has 0 N–H and O–H groups in total. The van der Waals surface area contributed by atoms with Gasteiger partial charge in [-0.05, 0) is 51.3 Å². The highest BCUT2D eigenvalue weighted by Crippen LogP contribution is 2.35. The molecule has 0 amide bonds. The fourth-order valence-corrected chi connectivity index (χ4v) is 4.13. The van der Waals surface area contributed by atoms with E-state index < -0.39 is 0 Å². The summed E-state index contributed by atoms with van der Waals surface area (Å²) in [4.78, 5) is 11.2. The van der Waals surface area contributed by atoms with Crippen LogP contribution in [0.4, 0.5) is 5.69 Å². The summed E-state index contributed by atoms with van der Waals surface area (Å²) in [7, 11) is 0. The van der Waals surface area contributed by atoms with Gasteiger partial charge < -0.3 is 14.0 Å². The van der Waals surface area contributed by atoms with Crippen molar-refractivity contribution in [3.8, 4) is 11.3 Å². The predicted octanol–water partition coefficient (Wildman–Crippen LogP) is 3.92. The lowest BCUT2D eigenvalue weighted by molar-refractivity contribution is 0.557. The van der Waals surface area contributed by atoms with Gasteiger partial charge in [-0.15, -0.1) is 0 Å². The van der Waals surface area contributed by atoms with Crippen molar-refractivity contribution in [2.75, 3.05) is 11.4 Å². The van der Waals surface area contributed by atoms with Crippen LogP contribution < -0.4 is 4.90 Å². The third-order valence-electron chi connectivity index (χ3n) is 5.51. The van der Waals surface area contributed by atoms with Crippen molar-refractivity contribution >= 4 is 5.69 Å². The van der Waals surface area contributed by atoms with Crippen LogP contribution in [0.1, 0.15) is 31.7 Å². The Labute approximate surface area is 155 Å². The second-order valence-electron chi connectivity index (χ2n) is 7.18. The van der Waals surface area contributed by atoms with Crippen LogP contribution in [0.2, 0.25) is 0 Å². The third kappa shape index (κ3) is 3.02.